The van der Waals surface area contributed by atoms with E-state index in [0.717, 1.165) is 29.7 Å². The van der Waals surface area contributed by atoms with Crippen molar-refractivity contribution in [1.82, 2.24) is 0 Å². The second-order valence-electron chi connectivity index (χ2n) is 3.66. The van der Waals surface area contributed by atoms with Crippen LogP contribution in [0.2, 0.25) is 0 Å². The van der Waals surface area contributed by atoms with E-state index in [1.165, 1.54) is 11.3 Å². The number of hydrogen-bond donors (Lipinski definition) is 1. The van der Waals surface area contributed by atoms with Crippen molar-refractivity contribution < 1.29 is 8.78 Å². The number of aryl methyl sites for hydroxylation is 2. The third-order valence-corrected chi connectivity index (χ3v) is 3.91. The average molecular weight is 217 g/mol. The van der Waals surface area contributed by atoms with Gasteiger partial charge in [0.1, 0.15) is 0 Å². The van der Waals surface area contributed by atoms with E-state index in [2.05, 4.69) is 0 Å². The molecular formula is C10H13F2NS. The quantitative estimate of drug-likeness (QED) is 0.827. The van der Waals surface area contributed by atoms with Gasteiger partial charge in [0.15, 0.2) is 0 Å². The van der Waals surface area contributed by atoms with Gasteiger partial charge in [0, 0.05) is 11.3 Å². The fourth-order valence-corrected chi connectivity index (χ4v) is 3.07. The lowest BCUT2D eigenvalue weighted by Crippen LogP contribution is -2.17. The van der Waals surface area contributed by atoms with Crippen LogP contribution in [0.4, 0.5) is 8.78 Å². The Hall–Kier alpha value is -0.480. The Kier molecular flexibility index (Phi) is 2.58. The van der Waals surface area contributed by atoms with E-state index < -0.39 is 5.92 Å². The lowest BCUT2D eigenvalue weighted by atomic mass is 10.1. The summed E-state index contributed by atoms with van der Waals surface area (Å²) in [5.74, 6) is -2.72. The monoisotopic (exact) mass is 217 g/mol. The van der Waals surface area contributed by atoms with Crippen molar-refractivity contribution >= 4 is 11.3 Å². The molecule has 2 N–H and O–H groups in total. The summed E-state index contributed by atoms with van der Waals surface area (Å²) in [7, 11) is 0. The van der Waals surface area contributed by atoms with Gasteiger partial charge in [-0.1, -0.05) is 0 Å². The predicted octanol–water partition coefficient (Wildman–Crippen LogP) is 2.68. The van der Waals surface area contributed by atoms with Crippen LogP contribution in [0.15, 0.2) is 6.07 Å². The summed E-state index contributed by atoms with van der Waals surface area (Å²) in [6.07, 6.45) is 2.81. The minimum atomic E-state index is -2.72. The highest BCUT2D eigenvalue weighted by molar-refractivity contribution is 7.12. The maximum absolute atomic E-state index is 13.4. The van der Waals surface area contributed by atoms with Gasteiger partial charge in [-0.05, 0) is 37.4 Å². The molecule has 0 saturated carbocycles. The van der Waals surface area contributed by atoms with Crippen molar-refractivity contribution in [3.63, 3.8) is 0 Å². The minimum Gasteiger partial charge on any atom is -0.330 e. The van der Waals surface area contributed by atoms with Crippen molar-refractivity contribution in [2.24, 2.45) is 5.73 Å². The van der Waals surface area contributed by atoms with Crippen molar-refractivity contribution in [2.75, 3.05) is 6.54 Å². The van der Waals surface area contributed by atoms with Crippen LogP contribution >= 0.6 is 11.3 Å². The van der Waals surface area contributed by atoms with Crippen LogP contribution in [0, 0.1) is 0 Å². The molecule has 0 atom stereocenters. The van der Waals surface area contributed by atoms with Gasteiger partial charge in [0.25, 0.3) is 5.92 Å². The van der Waals surface area contributed by atoms with E-state index in [1.54, 1.807) is 6.07 Å². The number of alkyl halides is 2. The number of fused-ring (bicyclic) bond motifs is 1. The van der Waals surface area contributed by atoms with Crippen molar-refractivity contribution in [2.45, 2.75) is 31.6 Å². The largest absolute Gasteiger partial charge is 0.330 e. The fraction of sp³-hybridized carbons (Fsp3) is 0.600. The molecule has 1 aromatic rings. The summed E-state index contributed by atoms with van der Waals surface area (Å²) < 4.78 is 26.9. The second-order valence-corrected chi connectivity index (χ2v) is 4.79. The van der Waals surface area contributed by atoms with E-state index >= 15 is 0 Å². The molecule has 0 amide bonds. The first-order valence-corrected chi connectivity index (χ1v) is 5.65. The zero-order valence-electron chi connectivity index (χ0n) is 7.85. The van der Waals surface area contributed by atoms with Gasteiger partial charge in [-0.15, -0.1) is 11.3 Å². The summed E-state index contributed by atoms with van der Waals surface area (Å²) in [6, 6.07) is 1.67. The van der Waals surface area contributed by atoms with E-state index in [-0.39, 0.29) is 17.8 Å². The minimum absolute atomic E-state index is 0.0373. The molecule has 0 aromatic carbocycles. The number of halogens is 2. The zero-order valence-corrected chi connectivity index (χ0v) is 8.67. The van der Waals surface area contributed by atoms with Crippen LogP contribution in [0.25, 0.3) is 0 Å². The van der Waals surface area contributed by atoms with Crippen molar-refractivity contribution in [3.8, 4) is 0 Å². The molecule has 1 nitrogen and oxygen atoms in total. The molecule has 1 aliphatic rings. The molecule has 1 aliphatic carbocycles. The summed E-state index contributed by atoms with van der Waals surface area (Å²) >= 11 is 1.26. The zero-order chi connectivity index (χ0) is 10.2. The Morgan fingerprint density at radius 2 is 2.21 bits per heavy atom. The standard InChI is InChI=1S/C10H13F2NS/c11-10(12,4-5-13)9-6-7-2-1-3-8(7)14-9/h6H,1-5,13H2. The first kappa shape index (κ1) is 10.1. The highest BCUT2D eigenvalue weighted by atomic mass is 32.1. The summed E-state index contributed by atoms with van der Waals surface area (Å²) in [5, 5.41) is 0. The number of thiophene rings is 1. The SMILES string of the molecule is NCCC(F)(F)c1cc2c(s1)CCC2. The molecule has 1 heterocycles. The van der Waals surface area contributed by atoms with E-state index in [9.17, 15) is 8.78 Å². The van der Waals surface area contributed by atoms with Crippen molar-refractivity contribution in [3.05, 3.63) is 21.4 Å². The van der Waals surface area contributed by atoms with Gasteiger partial charge < -0.3 is 5.73 Å². The molecule has 0 radical (unpaired) electrons. The fourth-order valence-electron chi connectivity index (χ4n) is 1.81. The van der Waals surface area contributed by atoms with Crippen molar-refractivity contribution in [1.29, 1.82) is 0 Å². The third-order valence-electron chi connectivity index (χ3n) is 2.57. The number of hydrogen-bond acceptors (Lipinski definition) is 2. The Labute approximate surface area is 85.9 Å². The molecule has 4 heteroatoms. The van der Waals surface area contributed by atoms with Crippen LogP contribution in [-0.2, 0) is 18.8 Å². The smallest absolute Gasteiger partial charge is 0.283 e. The Morgan fingerprint density at radius 3 is 2.86 bits per heavy atom. The average Bonchev–Trinajstić information content (AvgIpc) is 2.60. The van der Waals surface area contributed by atoms with Crippen LogP contribution in [0.5, 0.6) is 0 Å². The van der Waals surface area contributed by atoms with Gasteiger partial charge in [-0.25, -0.2) is 8.78 Å². The normalized spacial score (nSPS) is 15.9. The summed E-state index contributed by atoms with van der Waals surface area (Å²) in [5.41, 5.74) is 6.29. The van der Waals surface area contributed by atoms with Crippen LogP contribution in [0.1, 0.15) is 28.2 Å². The Balaban J connectivity index is 2.24. The molecule has 78 valence electrons. The van der Waals surface area contributed by atoms with E-state index in [0.29, 0.717) is 0 Å². The van der Waals surface area contributed by atoms with Gasteiger partial charge in [-0.2, -0.15) is 0 Å². The van der Waals surface area contributed by atoms with Gasteiger partial charge >= 0.3 is 0 Å². The lowest BCUT2D eigenvalue weighted by molar-refractivity contribution is -0.00687. The molecule has 0 aliphatic heterocycles. The lowest BCUT2D eigenvalue weighted by Gasteiger charge is -2.12. The highest BCUT2D eigenvalue weighted by Crippen LogP contribution is 2.40. The maximum Gasteiger partial charge on any atom is 0.283 e. The molecule has 14 heavy (non-hydrogen) atoms. The van der Waals surface area contributed by atoms with Gasteiger partial charge in [0.05, 0.1) is 4.88 Å². The molecule has 2 rings (SSSR count). The molecule has 1 aromatic heterocycles. The summed E-state index contributed by atoms with van der Waals surface area (Å²) in [4.78, 5) is 1.35. The summed E-state index contributed by atoms with van der Waals surface area (Å²) in [6.45, 7) is 0.0373. The molecule has 0 spiro atoms. The first-order chi connectivity index (χ1) is 6.63. The predicted molar refractivity (Wildman–Crippen MR) is 53.9 cm³/mol. The van der Waals surface area contributed by atoms with E-state index in [1.807, 2.05) is 0 Å². The molecular weight excluding hydrogens is 204 g/mol. The highest BCUT2D eigenvalue weighted by Gasteiger charge is 2.33. The van der Waals surface area contributed by atoms with Crippen LogP contribution in [-0.4, -0.2) is 6.54 Å². The first-order valence-electron chi connectivity index (χ1n) is 4.83. The van der Waals surface area contributed by atoms with Gasteiger partial charge in [0.2, 0.25) is 0 Å². The molecule has 0 saturated heterocycles. The Bertz CT molecular complexity index is 311. The molecule has 0 unspecified atom stereocenters. The van der Waals surface area contributed by atoms with Gasteiger partial charge in [-0.3, -0.25) is 0 Å². The third kappa shape index (κ3) is 1.68. The molecule has 0 bridgehead atoms. The Morgan fingerprint density at radius 1 is 1.43 bits per heavy atom. The second kappa shape index (κ2) is 3.59. The van der Waals surface area contributed by atoms with Crippen LogP contribution in [0.3, 0.4) is 0 Å². The topological polar surface area (TPSA) is 26.0 Å². The maximum atomic E-state index is 13.4. The number of nitrogens with two attached hydrogens (primary N) is 1. The molecule has 0 fully saturated rings. The van der Waals surface area contributed by atoms with E-state index in [4.69, 9.17) is 5.73 Å². The van der Waals surface area contributed by atoms with Crippen LogP contribution < -0.4 is 5.73 Å². The number of rotatable bonds is 3.